The first-order valence-electron chi connectivity index (χ1n) is 6.41. The number of hydrogen-bond acceptors (Lipinski definition) is 3. The molecule has 0 unspecified atom stereocenters. The van der Waals surface area contributed by atoms with Crippen LogP contribution < -0.4 is 16.4 Å². The number of anilines is 3. The molecule has 0 bridgehead atoms. The monoisotopic (exact) mass is 323 g/mol. The molecular weight excluding hydrogens is 309 g/mol. The fourth-order valence-electron chi connectivity index (χ4n) is 1.83. The van der Waals surface area contributed by atoms with Crippen LogP contribution in [0.1, 0.15) is 17.3 Å². The summed E-state index contributed by atoms with van der Waals surface area (Å²) in [6, 6.07) is 10.2. The van der Waals surface area contributed by atoms with Crippen LogP contribution in [0.25, 0.3) is 0 Å². The Morgan fingerprint density at radius 3 is 2.43 bits per heavy atom. The maximum Gasteiger partial charge on any atom is 0.251 e. The minimum atomic E-state index is -0.161. The summed E-state index contributed by atoms with van der Waals surface area (Å²) in [6.45, 7) is 2.42. The Morgan fingerprint density at radius 2 is 1.86 bits per heavy atom. The molecule has 4 nitrogen and oxygen atoms in total. The molecule has 2 aromatic carbocycles. The van der Waals surface area contributed by atoms with Gasteiger partial charge in [0.1, 0.15) is 0 Å². The smallest absolute Gasteiger partial charge is 0.251 e. The van der Waals surface area contributed by atoms with E-state index in [1.54, 1.807) is 36.4 Å². The lowest BCUT2D eigenvalue weighted by atomic mass is 10.1. The Labute approximate surface area is 133 Å². The largest absolute Gasteiger partial charge is 0.397 e. The molecule has 2 aromatic rings. The highest BCUT2D eigenvalue weighted by molar-refractivity contribution is 6.39. The van der Waals surface area contributed by atoms with E-state index in [0.717, 1.165) is 0 Å². The van der Waals surface area contributed by atoms with Crippen molar-refractivity contribution in [3.8, 4) is 0 Å². The predicted octanol–water partition coefficient (Wildman–Crippen LogP) is 4.07. The molecule has 6 heteroatoms. The molecule has 0 fully saturated rings. The number of halogens is 2. The quantitative estimate of drug-likeness (QED) is 0.743. The van der Waals surface area contributed by atoms with E-state index in [2.05, 4.69) is 10.6 Å². The van der Waals surface area contributed by atoms with Gasteiger partial charge in [-0.15, -0.1) is 0 Å². The molecular formula is C15H15Cl2N3O. The molecule has 0 aliphatic rings. The number of nitrogens with two attached hydrogens (primary N) is 1. The topological polar surface area (TPSA) is 67.2 Å². The minimum Gasteiger partial charge on any atom is -0.397 e. The lowest BCUT2D eigenvalue weighted by Crippen LogP contribution is -2.22. The van der Waals surface area contributed by atoms with E-state index in [1.165, 1.54) is 0 Å². The van der Waals surface area contributed by atoms with Crippen molar-refractivity contribution < 1.29 is 4.79 Å². The van der Waals surface area contributed by atoms with Crippen LogP contribution >= 0.6 is 23.2 Å². The molecule has 21 heavy (non-hydrogen) atoms. The number of amides is 1. The summed E-state index contributed by atoms with van der Waals surface area (Å²) in [4.78, 5) is 11.7. The van der Waals surface area contributed by atoms with Crippen molar-refractivity contribution >= 4 is 46.2 Å². The SMILES string of the molecule is CCNC(=O)c1ccc(Nc2c(Cl)cccc2Cl)c(N)c1. The molecule has 0 aliphatic heterocycles. The van der Waals surface area contributed by atoms with Crippen LogP contribution in [0.2, 0.25) is 10.0 Å². The Hall–Kier alpha value is -1.91. The second-order valence-corrected chi connectivity index (χ2v) is 5.20. The second kappa shape index (κ2) is 6.70. The Bertz CT molecular complexity index is 654. The summed E-state index contributed by atoms with van der Waals surface area (Å²) in [5, 5.41) is 6.80. The van der Waals surface area contributed by atoms with Gasteiger partial charge in [0.2, 0.25) is 0 Å². The lowest BCUT2D eigenvalue weighted by molar-refractivity contribution is 0.0956. The maximum atomic E-state index is 11.7. The summed E-state index contributed by atoms with van der Waals surface area (Å²) < 4.78 is 0. The van der Waals surface area contributed by atoms with E-state index in [4.69, 9.17) is 28.9 Å². The number of para-hydroxylation sites is 1. The number of rotatable bonds is 4. The zero-order valence-electron chi connectivity index (χ0n) is 11.4. The van der Waals surface area contributed by atoms with Gasteiger partial charge in [0.25, 0.3) is 5.91 Å². The molecule has 0 aromatic heterocycles. The Kier molecular flexibility index (Phi) is 4.94. The molecule has 4 N–H and O–H groups in total. The van der Waals surface area contributed by atoms with E-state index < -0.39 is 0 Å². The Morgan fingerprint density at radius 1 is 1.19 bits per heavy atom. The Balaban J connectivity index is 2.28. The number of benzene rings is 2. The number of nitrogen functional groups attached to an aromatic ring is 1. The van der Waals surface area contributed by atoms with E-state index >= 15 is 0 Å². The van der Waals surface area contributed by atoms with Crippen molar-refractivity contribution in [3.05, 3.63) is 52.0 Å². The summed E-state index contributed by atoms with van der Waals surface area (Å²) in [5.41, 5.74) is 8.14. The summed E-state index contributed by atoms with van der Waals surface area (Å²) >= 11 is 12.2. The highest BCUT2D eigenvalue weighted by Crippen LogP contribution is 2.34. The van der Waals surface area contributed by atoms with E-state index in [-0.39, 0.29) is 5.91 Å². The first kappa shape index (κ1) is 15.5. The first-order chi connectivity index (χ1) is 10.0. The van der Waals surface area contributed by atoms with Crippen LogP contribution in [-0.4, -0.2) is 12.5 Å². The first-order valence-corrected chi connectivity index (χ1v) is 7.17. The van der Waals surface area contributed by atoms with E-state index in [0.29, 0.717) is 39.2 Å². The molecule has 1 amide bonds. The van der Waals surface area contributed by atoms with Gasteiger partial charge in [-0.3, -0.25) is 4.79 Å². The van der Waals surface area contributed by atoms with E-state index in [1.807, 2.05) is 6.92 Å². The lowest BCUT2D eigenvalue weighted by Gasteiger charge is -2.13. The fourth-order valence-corrected chi connectivity index (χ4v) is 2.32. The number of hydrogen-bond donors (Lipinski definition) is 3. The van der Waals surface area contributed by atoms with Crippen LogP contribution in [0.3, 0.4) is 0 Å². The molecule has 0 radical (unpaired) electrons. The average Bonchev–Trinajstić information content (AvgIpc) is 2.44. The zero-order valence-corrected chi connectivity index (χ0v) is 12.9. The van der Waals surface area contributed by atoms with Gasteiger partial charge >= 0.3 is 0 Å². The molecule has 0 atom stereocenters. The van der Waals surface area contributed by atoms with Crippen molar-refractivity contribution in [2.75, 3.05) is 17.6 Å². The number of carbonyl (C=O) groups excluding carboxylic acids is 1. The van der Waals surface area contributed by atoms with Crippen LogP contribution in [0.15, 0.2) is 36.4 Å². The molecule has 0 aliphatic carbocycles. The molecule has 0 saturated carbocycles. The average molecular weight is 324 g/mol. The van der Waals surface area contributed by atoms with Crippen molar-refractivity contribution in [2.45, 2.75) is 6.92 Å². The van der Waals surface area contributed by atoms with Crippen LogP contribution in [0.4, 0.5) is 17.1 Å². The molecule has 110 valence electrons. The van der Waals surface area contributed by atoms with Gasteiger partial charge in [0.15, 0.2) is 0 Å². The van der Waals surface area contributed by atoms with Gasteiger partial charge in [-0.1, -0.05) is 29.3 Å². The summed E-state index contributed by atoms with van der Waals surface area (Å²) in [7, 11) is 0. The molecule has 0 heterocycles. The van der Waals surface area contributed by atoms with Crippen molar-refractivity contribution in [1.82, 2.24) is 5.32 Å². The van der Waals surface area contributed by atoms with Gasteiger partial charge in [-0.25, -0.2) is 0 Å². The van der Waals surface area contributed by atoms with Gasteiger partial charge in [-0.05, 0) is 37.3 Å². The van der Waals surface area contributed by atoms with Crippen molar-refractivity contribution in [2.24, 2.45) is 0 Å². The van der Waals surface area contributed by atoms with Crippen LogP contribution in [0, 0.1) is 0 Å². The predicted molar refractivity (Wildman–Crippen MR) is 88.6 cm³/mol. The maximum absolute atomic E-state index is 11.7. The third-order valence-electron chi connectivity index (χ3n) is 2.87. The van der Waals surface area contributed by atoms with Crippen molar-refractivity contribution in [3.63, 3.8) is 0 Å². The standard InChI is InChI=1S/C15H15Cl2N3O/c1-2-19-15(21)9-6-7-13(12(18)8-9)20-14-10(16)4-3-5-11(14)17/h3-8,20H,2,18H2,1H3,(H,19,21). The van der Waals surface area contributed by atoms with Gasteiger partial charge in [0.05, 0.1) is 27.1 Å². The van der Waals surface area contributed by atoms with Gasteiger partial charge in [0, 0.05) is 12.1 Å². The van der Waals surface area contributed by atoms with Crippen molar-refractivity contribution in [1.29, 1.82) is 0 Å². The normalized spacial score (nSPS) is 10.2. The highest BCUT2D eigenvalue weighted by Gasteiger charge is 2.10. The van der Waals surface area contributed by atoms with Gasteiger partial charge < -0.3 is 16.4 Å². The third kappa shape index (κ3) is 3.60. The van der Waals surface area contributed by atoms with E-state index in [9.17, 15) is 4.79 Å². The summed E-state index contributed by atoms with van der Waals surface area (Å²) in [6.07, 6.45) is 0. The second-order valence-electron chi connectivity index (χ2n) is 4.38. The molecule has 0 spiro atoms. The highest BCUT2D eigenvalue weighted by atomic mass is 35.5. The number of nitrogens with one attached hydrogen (secondary N) is 2. The minimum absolute atomic E-state index is 0.161. The molecule has 2 rings (SSSR count). The number of carbonyl (C=O) groups is 1. The zero-order chi connectivity index (χ0) is 15.4. The fraction of sp³-hybridized carbons (Fsp3) is 0.133. The summed E-state index contributed by atoms with van der Waals surface area (Å²) in [5.74, 6) is -0.161. The molecule has 0 saturated heterocycles. The van der Waals surface area contributed by atoms with Crippen LogP contribution in [-0.2, 0) is 0 Å². The van der Waals surface area contributed by atoms with Gasteiger partial charge in [-0.2, -0.15) is 0 Å². The van der Waals surface area contributed by atoms with Crippen LogP contribution in [0.5, 0.6) is 0 Å². The third-order valence-corrected chi connectivity index (χ3v) is 3.50.